The summed E-state index contributed by atoms with van der Waals surface area (Å²) in [6.07, 6.45) is 0. The lowest BCUT2D eigenvalue weighted by molar-refractivity contribution is 0.0950. The number of thioether (sulfide) groups is 1. The van der Waals surface area contributed by atoms with Crippen LogP contribution in [0.15, 0.2) is 45.8 Å². The molecule has 1 saturated heterocycles. The SMILES string of the molecule is CCSc1ccc(Cl)cc1CNC(=O)c1cc(Br)cc(N2CCN(C)CC2)c1. The molecular weight excluding hydrogens is 458 g/mol. The second-order valence-electron chi connectivity index (χ2n) is 6.86. The number of carbonyl (C=O) groups excluding carboxylic acids is 1. The van der Waals surface area contributed by atoms with E-state index in [9.17, 15) is 4.79 Å². The van der Waals surface area contributed by atoms with Gasteiger partial charge in [-0.15, -0.1) is 11.8 Å². The molecule has 2 aromatic carbocycles. The Morgan fingerprint density at radius 3 is 2.64 bits per heavy atom. The number of hydrogen-bond donors (Lipinski definition) is 1. The second kappa shape index (κ2) is 10.0. The number of carbonyl (C=O) groups is 1. The summed E-state index contributed by atoms with van der Waals surface area (Å²) in [5.74, 6) is 0.895. The Kier molecular flexibility index (Phi) is 7.69. The van der Waals surface area contributed by atoms with Crippen LogP contribution in [-0.2, 0) is 6.54 Å². The standard InChI is InChI=1S/C21H25BrClN3OS/c1-3-28-20-5-4-18(23)11-16(20)14-24-21(27)15-10-17(22)13-19(12-15)26-8-6-25(2)7-9-26/h4-5,10-13H,3,6-9,14H2,1-2H3,(H,24,27). The molecule has 1 heterocycles. The number of benzene rings is 2. The normalized spacial score (nSPS) is 14.9. The van der Waals surface area contributed by atoms with Crippen molar-refractivity contribution in [1.29, 1.82) is 0 Å². The van der Waals surface area contributed by atoms with Crippen molar-refractivity contribution in [3.63, 3.8) is 0 Å². The third-order valence-electron chi connectivity index (χ3n) is 4.77. The van der Waals surface area contributed by atoms with Crippen LogP contribution in [0.2, 0.25) is 5.02 Å². The zero-order valence-corrected chi connectivity index (χ0v) is 19.3. The molecule has 3 rings (SSSR count). The Labute approximate surface area is 184 Å². The Morgan fingerprint density at radius 1 is 1.18 bits per heavy atom. The van der Waals surface area contributed by atoms with Crippen molar-refractivity contribution >= 4 is 50.9 Å². The van der Waals surface area contributed by atoms with E-state index in [1.165, 1.54) is 0 Å². The van der Waals surface area contributed by atoms with Crippen molar-refractivity contribution in [2.45, 2.75) is 18.4 Å². The summed E-state index contributed by atoms with van der Waals surface area (Å²) in [6.45, 7) is 6.56. The number of anilines is 1. The van der Waals surface area contributed by atoms with E-state index in [-0.39, 0.29) is 5.91 Å². The van der Waals surface area contributed by atoms with E-state index in [2.05, 4.69) is 51.1 Å². The summed E-state index contributed by atoms with van der Waals surface area (Å²) < 4.78 is 0.916. The number of likely N-dealkylation sites (N-methyl/N-ethyl adjacent to an activating group) is 1. The molecule has 1 amide bonds. The van der Waals surface area contributed by atoms with Crippen molar-refractivity contribution in [3.8, 4) is 0 Å². The molecule has 7 heteroatoms. The van der Waals surface area contributed by atoms with Gasteiger partial charge in [-0.1, -0.05) is 34.5 Å². The zero-order chi connectivity index (χ0) is 20.1. The maximum Gasteiger partial charge on any atom is 0.251 e. The number of amides is 1. The van der Waals surface area contributed by atoms with Gasteiger partial charge in [-0.25, -0.2) is 0 Å². The number of piperazine rings is 1. The first-order valence-electron chi connectivity index (χ1n) is 9.39. The van der Waals surface area contributed by atoms with Crippen LogP contribution in [0.4, 0.5) is 5.69 Å². The molecule has 0 saturated carbocycles. The van der Waals surface area contributed by atoms with E-state index in [0.29, 0.717) is 17.1 Å². The molecule has 1 aliphatic heterocycles. The van der Waals surface area contributed by atoms with Crippen LogP contribution in [0.25, 0.3) is 0 Å². The van der Waals surface area contributed by atoms with Crippen molar-refractivity contribution in [2.24, 2.45) is 0 Å². The summed E-state index contributed by atoms with van der Waals surface area (Å²) in [4.78, 5) is 18.6. The van der Waals surface area contributed by atoms with Gasteiger partial charge in [0.2, 0.25) is 0 Å². The lowest BCUT2D eigenvalue weighted by atomic mass is 10.1. The molecule has 1 aliphatic rings. The van der Waals surface area contributed by atoms with Crippen LogP contribution in [0.1, 0.15) is 22.8 Å². The number of nitrogens with one attached hydrogen (secondary N) is 1. The van der Waals surface area contributed by atoms with E-state index in [1.54, 1.807) is 11.8 Å². The summed E-state index contributed by atoms with van der Waals surface area (Å²) >= 11 is 11.5. The molecule has 0 radical (unpaired) electrons. The van der Waals surface area contributed by atoms with Crippen LogP contribution >= 0.6 is 39.3 Å². The quantitative estimate of drug-likeness (QED) is 0.594. The maximum absolute atomic E-state index is 12.8. The van der Waals surface area contributed by atoms with Crippen molar-refractivity contribution < 1.29 is 4.79 Å². The largest absolute Gasteiger partial charge is 0.369 e. The minimum atomic E-state index is -0.0795. The average Bonchev–Trinajstić information content (AvgIpc) is 2.68. The number of nitrogens with zero attached hydrogens (tertiary/aromatic N) is 2. The zero-order valence-electron chi connectivity index (χ0n) is 16.2. The highest BCUT2D eigenvalue weighted by Gasteiger charge is 2.17. The van der Waals surface area contributed by atoms with Crippen LogP contribution in [0.3, 0.4) is 0 Å². The van der Waals surface area contributed by atoms with Gasteiger partial charge in [-0.05, 0) is 54.8 Å². The molecule has 0 spiro atoms. The van der Waals surface area contributed by atoms with Gasteiger partial charge in [0, 0.05) is 58.4 Å². The Balaban J connectivity index is 1.72. The molecule has 1 fully saturated rings. The van der Waals surface area contributed by atoms with Gasteiger partial charge in [0.15, 0.2) is 0 Å². The minimum Gasteiger partial charge on any atom is -0.369 e. The Bertz CT molecular complexity index is 840. The lowest BCUT2D eigenvalue weighted by Crippen LogP contribution is -2.44. The monoisotopic (exact) mass is 481 g/mol. The first-order valence-corrected chi connectivity index (χ1v) is 11.6. The molecular formula is C21H25BrClN3OS. The van der Waals surface area contributed by atoms with Crippen LogP contribution in [0.5, 0.6) is 0 Å². The Morgan fingerprint density at radius 2 is 1.93 bits per heavy atom. The number of halogens is 2. The summed E-state index contributed by atoms with van der Waals surface area (Å²) in [5, 5.41) is 3.73. The van der Waals surface area contributed by atoms with Gasteiger partial charge in [0.25, 0.3) is 5.91 Å². The van der Waals surface area contributed by atoms with Gasteiger partial charge >= 0.3 is 0 Å². The van der Waals surface area contributed by atoms with Crippen LogP contribution in [-0.4, -0.2) is 49.8 Å². The second-order valence-corrected chi connectivity index (χ2v) is 9.51. The lowest BCUT2D eigenvalue weighted by Gasteiger charge is -2.34. The molecule has 0 atom stereocenters. The van der Waals surface area contributed by atoms with Gasteiger partial charge in [-0.3, -0.25) is 4.79 Å². The smallest absolute Gasteiger partial charge is 0.251 e. The third kappa shape index (κ3) is 5.66. The van der Waals surface area contributed by atoms with Gasteiger partial charge in [0.1, 0.15) is 0 Å². The highest BCUT2D eigenvalue weighted by molar-refractivity contribution is 9.10. The molecule has 28 heavy (non-hydrogen) atoms. The van der Waals surface area contributed by atoms with E-state index >= 15 is 0 Å². The molecule has 4 nitrogen and oxygen atoms in total. The molecule has 0 bridgehead atoms. The highest BCUT2D eigenvalue weighted by atomic mass is 79.9. The van der Waals surface area contributed by atoms with E-state index in [4.69, 9.17) is 11.6 Å². The topological polar surface area (TPSA) is 35.6 Å². The third-order valence-corrected chi connectivity index (χ3v) is 6.47. The molecule has 0 unspecified atom stereocenters. The predicted molar refractivity (Wildman–Crippen MR) is 123 cm³/mol. The number of rotatable bonds is 6. The van der Waals surface area contributed by atoms with Gasteiger partial charge < -0.3 is 15.1 Å². The van der Waals surface area contributed by atoms with Gasteiger partial charge in [0.05, 0.1) is 0 Å². The fourth-order valence-electron chi connectivity index (χ4n) is 3.21. The van der Waals surface area contributed by atoms with Crippen molar-refractivity contribution in [2.75, 3.05) is 43.9 Å². The summed E-state index contributed by atoms with van der Waals surface area (Å²) in [6, 6.07) is 11.8. The molecule has 150 valence electrons. The van der Waals surface area contributed by atoms with E-state index in [1.807, 2.05) is 30.3 Å². The highest BCUT2D eigenvalue weighted by Crippen LogP contribution is 2.27. The first kappa shape index (κ1) is 21.5. The fourth-order valence-corrected chi connectivity index (χ4v) is 4.68. The average molecular weight is 483 g/mol. The predicted octanol–water partition coefficient (Wildman–Crippen LogP) is 4.90. The van der Waals surface area contributed by atoms with Crippen molar-refractivity contribution in [1.82, 2.24) is 10.2 Å². The molecule has 0 aliphatic carbocycles. The molecule has 2 aromatic rings. The number of hydrogen-bond acceptors (Lipinski definition) is 4. The maximum atomic E-state index is 12.8. The molecule has 0 aromatic heterocycles. The Hall–Kier alpha value is -1.21. The van der Waals surface area contributed by atoms with Crippen LogP contribution in [0, 0.1) is 0 Å². The van der Waals surface area contributed by atoms with E-state index in [0.717, 1.165) is 52.6 Å². The molecule has 1 N–H and O–H groups in total. The van der Waals surface area contributed by atoms with Gasteiger partial charge in [-0.2, -0.15) is 0 Å². The van der Waals surface area contributed by atoms with E-state index < -0.39 is 0 Å². The van der Waals surface area contributed by atoms with Crippen LogP contribution < -0.4 is 10.2 Å². The van der Waals surface area contributed by atoms with Crippen molar-refractivity contribution in [3.05, 3.63) is 57.0 Å². The fraction of sp³-hybridized carbons (Fsp3) is 0.381. The summed E-state index contributed by atoms with van der Waals surface area (Å²) in [5.41, 5.74) is 2.79. The summed E-state index contributed by atoms with van der Waals surface area (Å²) in [7, 11) is 2.14. The first-order chi connectivity index (χ1) is 13.5. The minimum absolute atomic E-state index is 0.0795.